The van der Waals surface area contributed by atoms with Gasteiger partial charge in [0, 0.05) is 5.54 Å². The summed E-state index contributed by atoms with van der Waals surface area (Å²) in [7, 11) is 0. The first kappa shape index (κ1) is 13.6. The van der Waals surface area contributed by atoms with Crippen molar-refractivity contribution in [2.24, 2.45) is 5.73 Å². The quantitative estimate of drug-likeness (QED) is 0.904. The van der Waals surface area contributed by atoms with E-state index < -0.39 is 0 Å². The number of hydrogen-bond donors (Lipinski definition) is 1. The average molecular weight is 305 g/mol. The third-order valence-corrected chi connectivity index (χ3v) is 3.09. The first-order chi connectivity index (χ1) is 7.69. The van der Waals surface area contributed by atoms with Gasteiger partial charge in [-0.3, -0.25) is 0 Å². The normalized spacial score (nSPS) is 11.6. The van der Waals surface area contributed by atoms with Crippen LogP contribution in [0.4, 0.5) is 0 Å². The van der Waals surface area contributed by atoms with Crippen molar-refractivity contribution in [3.63, 3.8) is 0 Å². The van der Waals surface area contributed by atoms with E-state index in [1.165, 1.54) is 5.54 Å². The summed E-state index contributed by atoms with van der Waals surface area (Å²) in [5.74, 6) is 0.853. The molecule has 0 saturated heterocycles. The van der Waals surface area contributed by atoms with Gasteiger partial charge in [0.2, 0.25) is 0 Å². The van der Waals surface area contributed by atoms with Gasteiger partial charge in [-0.05, 0) is 53.0 Å². The molecule has 0 saturated carbocycles. The first-order valence-electron chi connectivity index (χ1n) is 5.05. The molecule has 0 aromatic heterocycles. The van der Waals surface area contributed by atoms with Crippen molar-refractivity contribution < 1.29 is 4.74 Å². The molecular weight excluding hydrogens is 289 g/mol. The molecule has 0 spiro atoms. The van der Waals surface area contributed by atoms with Crippen LogP contribution in [0.3, 0.4) is 0 Å². The summed E-state index contributed by atoms with van der Waals surface area (Å²) in [6, 6.07) is 5.95. The van der Waals surface area contributed by atoms with Crippen molar-refractivity contribution in [2.75, 3.05) is 13.2 Å². The highest BCUT2D eigenvalue weighted by atomic mass is 79.9. The number of benzene rings is 1. The standard InChI is InChI=1S/C12H15BrClNO/c1-9(7-14)8-16-12-10(5-6-15)3-2-4-11(12)13/h2-4,7H,5-6,8,15H2,1H3/b9-7-. The highest BCUT2D eigenvalue weighted by molar-refractivity contribution is 9.10. The minimum atomic E-state index is 0.490. The number of nitrogens with two attached hydrogens (primary N) is 1. The van der Waals surface area contributed by atoms with Crippen molar-refractivity contribution in [2.45, 2.75) is 13.3 Å². The van der Waals surface area contributed by atoms with Gasteiger partial charge in [0.25, 0.3) is 0 Å². The van der Waals surface area contributed by atoms with E-state index in [1.54, 1.807) is 0 Å². The van der Waals surface area contributed by atoms with E-state index in [9.17, 15) is 0 Å². The Hall–Kier alpha value is -0.510. The maximum atomic E-state index is 5.72. The van der Waals surface area contributed by atoms with Crippen LogP contribution in [0.15, 0.2) is 33.8 Å². The van der Waals surface area contributed by atoms with Crippen molar-refractivity contribution in [1.82, 2.24) is 0 Å². The molecule has 2 nitrogen and oxygen atoms in total. The number of para-hydroxylation sites is 1. The molecule has 0 fully saturated rings. The summed E-state index contributed by atoms with van der Waals surface area (Å²) in [6.07, 6.45) is 0.804. The Labute approximate surface area is 110 Å². The Morgan fingerprint density at radius 3 is 2.94 bits per heavy atom. The predicted octanol–water partition coefficient (Wildman–Crippen LogP) is 3.47. The van der Waals surface area contributed by atoms with Gasteiger partial charge in [0.15, 0.2) is 0 Å². The maximum absolute atomic E-state index is 5.72. The second kappa shape index (κ2) is 6.94. The summed E-state index contributed by atoms with van der Waals surface area (Å²) >= 11 is 9.06. The largest absolute Gasteiger partial charge is 0.488 e. The summed E-state index contributed by atoms with van der Waals surface area (Å²) in [5, 5.41) is 0. The Balaban J connectivity index is 2.83. The molecule has 0 heterocycles. The van der Waals surface area contributed by atoms with Crippen LogP contribution in [0.5, 0.6) is 5.75 Å². The Kier molecular flexibility index (Phi) is 5.88. The number of hydrogen-bond acceptors (Lipinski definition) is 2. The zero-order valence-corrected chi connectivity index (χ0v) is 11.5. The van der Waals surface area contributed by atoms with E-state index in [-0.39, 0.29) is 0 Å². The molecule has 1 aromatic carbocycles. The van der Waals surface area contributed by atoms with Gasteiger partial charge < -0.3 is 10.5 Å². The van der Waals surface area contributed by atoms with Crippen molar-refractivity contribution in [3.8, 4) is 5.75 Å². The van der Waals surface area contributed by atoms with Crippen molar-refractivity contribution in [1.29, 1.82) is 0 Å². The monoisotopic (exact) mass is 303 g/mol. The molecule has 16 heavy (non-hydrogen) atoms. The van der Waals surface area contributed by atoms with E-state index in [4.69, 9.17) is 22.1 Å². The molecule has 0 unspecified atom stereocenters. The van der Waals surface area contributed by atoms with Crippen molar-refractivity contribution >= 4 is 27.5 Å². The molecule has 0 aliphatic heterocycles. The molecule has 2 N–H and O–H groups in total. The van der Waals surface area contributed by atoms with E-state index in [1.807, 2.05) is 25.1 Å². The lowest BCUT2D eigenvalue weighted by molar-refractivity contribution is 0.346. The molecule has 1 aromatic rings. The van der Waals surface area contributed by atoms with Crippen LogP contribution in [0.2, 0.25) is 0 Å². The van der Waals surface area contributed by atoms with Crippen LogP contribution >= 0.6 is 27.5 Å². The lowest BCUT2D eigenvalue weighted by Crippen LogP contribution is -2.07. The Morgan fingerprint density at radius 1 is 1.56 bits per heavy atom. The minimum Gasteiger partial charge on any atom is -0.488 e. The molecule has 0 atom stereocenters. The molecular formula is C12H15BrClNO. The van der Waals surface area contributed by atoms with Crippen LogP contribution in [-0.4, -0.2) is 13.2 Å². The molecule has 0 aliphatic rings. The third kappa shape index (κ3) is 3.81. The SMILES string of the molecule is C/C(=C/Cl)COc1c(Br)cccc1CCN. The maximum Gasteiger partial charge on any atom is 0.137 e. The van der Waals surface area contributed by atoms with E-state index in [2.05, 4.69) is 15.9 Å². The van der Waals surface area contributed by atoms with Gasteiger partial charge in [0.1, 0.15) is 12.4 Å². The second-order valence-electron chi connectivity index (χ2n) is 3.51. The summed E-state index contributed by atoms with van der Waals surface area (Å²) in [4.78, 5) is 0. The van der Waals surface area contributed by atoms with E-state index >= 15 is 0 Å². The van der Waals surface area contributed by atoms with Crippen LogP contribution in [0, 0.1) is 0 Å². The summed E-state index contributed by atoms with van der Waals surface area (Å²) < 4.78 is 6.66. The molecule has 1 rings (SSSR count). The van der Waals surface area contributed by atoms with Gasteiger partial charge in [-0.15, -0.1) is 0 Å². The molecule has 0 aliphatic carbocycles. The van der Waals surface area contributed by atoms with E-state index in [0.717, 1.165) is 27.8 Å². The van der Waals surface area contributed by atoms with Gasteiger partial charge in [-0.2, -0.15) is 0 Å². The van der Waals surface area contributed by atoms with Gasteiger partial charge in [0.05, 0.1) is 4.47 Å². The number of halogens is 2. The lowest BCUT2D eigenvalue weighted by Gasteiger charge is -2.12. The second-order valence-corrected chi connectivity index (χ2v) is 4.58. The van der Waals surface area contributed by atoms with Gasteiger partial charge in [-0.25, -0.2) is 0 Å². The third-order valence-electron chi connectivity index (χ3n) is 2.09. The highest BCUT2D eigenvalue weighted by Gasteiger charge is 2.07. The molecule has 4 heteroatoms. The van der Waals surface area contributed by atoms with Gasteiger partial charge in [-0.1, -0.05) is 23.7 Å². The Morgan fingerprint density at radius 2 is 2.31 bits per heavy atom. The molecule has 0 amide bonds. The van der Waals surface area contributed by atoms with Crippen molar-refractivity contribution in [3.05, 3.63) is 39.3 Å². The number of rotatable bonds is 5. The van der Waals surface area contributed by atoms with Crippen LogP contribution < -0.4 is 10.5 Å². The molecule has 0 radical (unpaired) electrons. The Bertz CT molecular complexity index is 379. The fraction of sp³-hybridized carbons (Fsp3) is 0.333. The average Bonchev–Trinajstić information content (AvgIpc) is 2.28. The minimum absolute atomic E-state index is 0.490. The van der Waals surface area contributed by atoms with Crippen LogP contribution in [0.25, 0.3) is 0 Å². The summed E-state index contributed by atoms with van der Waals surface area (Å²) in [6.45, 7) is 3.02. The zero-order chi connectivity index (χ0) is 12.0. The zero-order valence-electron chi connectivity index (χ0n) is 9.17. The number of ether oxygens (including phenoxy) is 1. The topological polar surface area (TPSA) is 35.2 Å². The lowest BCUT2D eigenvalue weighted by atomic mass is 10.1. The van der Waals surface area contributed by atoms with Crippen LogP contribution in [0.1, 0.15) is 12.5 Å². The fourth-order valence-corrected chi connectivity index (χ4v) is 1.87. The fourth-order valence-electron chi connectivity index (χ4n) is 1.29. The predicted molar refractivity (Wildman–Crippen MR) is 72.0 cm³/mol. The smallest absolute Gasteiger partial charge is 0.137 e. The molecule has 88 valence electrons. The van der Waals surface area contributed by atoms with Gasteiger partial charge >= 0.3 is 0 Å². The summed E-state index contributed by atoms with van der Waals surface area (Å²) in [5.41, 5.74) is 9.18. The highest BCUT2D eigenvalue weighted by Crippen LogP contribution is 2.29. The van der Waals surface area contributed by atoms with Crippen LogP contribution in [-0.2, 0) is 6.42 Å². The first-order valence-corrected chi connectivity index (χ1v) is 6.28. The molecule has 0 bridgehead atoms. The van der Waals surface area contributed by atoms with E-state index in [0.29, 0.717) is 13.2 Å².